The first-order valence-corrected chi connectivity index (χ1v) is 13.3. The van der Waals surface area contributed by atoms with Crippen LogP contribution in [0.4, 0.5) is 0 Å². The van der Waals surface area contributed by atoms with Crippen LogP contribution in [0.2, 0.25) is 0 Å². The van der Waals surface area contributed by atoms with Gasteiger partial charge in [-0.1, -0.05) is 12.5 Å². The Morgan fingerprint density at radius 1 is 1.21 bits per heavy atom. The number of nitrogens with zero attached hydrogens (tertiary/aromatic N) is 1. The average molecular weight is 526 g/mol. The first-order chi connectivity index (χ1) is 18.3. The minimum Gasteiger partial charge on any atom is -0.496 e. The molecule has 2 saturated heterocycles. The van der Waals surface area contributed by atoms with Crippen molar-refractivity contribution in [1.29, 1.82) is 0 Å². The maximum Gasteiger partial charge on any atom is 0.287 e. The number of hydrogen-bond donors (Lipinski definition) is 5. The number of benzene rings is 1. The minimum absolute atomic E-state index is 0.0378. The Bertz CT molecular complexity index is 1240. The Morgan fingerprint density at radius 3 is 2.76 bits per heavy atom. The molecule has 6 N–H and O–H groups in total. The van der Waals surface area contributed by atoms with Gasteiger partial charge in [0.05, 0.1) is 13.2 Å². The molecule has 5 rings (SSSR count). The molecule has 1 aliphatic carbocycles. The molecule has 11 nitrogen and oxygen atoms in total. The van der Waals surface area contributed by atoms with Crippen molar-refractivity contribution in [2.24, 2.45) is 23.5 Å². The number of methoxy groups -OCH3 is 1. The molecule has 1 aromatic carbocycles. The van der Waals surface area contributed by atoms with Gasteiger partial charge in [-0.05, 0) is 68.7 Å². The van der Waals surface area contributed by atoms with Crippen molar-refractivity contribution in [3.8, 4) is 5.75 Å². The number of amides is 3. The zero-order valence-corrected chi connectivity index (χ0v) is 21.4. The lowest BCUT2D eigenvalue weighted by atomic mass is 9.88. The van der Waals surface area contributed by atoms with Crippen molar-refractivity contribution in [2.75, 3.05) is 20.2 Å². The molecule has 3 fully saturated rings. The van der Waals surface area contributed by atoms with E-state index in [4.69, 9.17) is 10.5 Å². The lowest BCUT2D eigenvalue weighted by Crippen LogP contribution is -2.55. The molecule has 1 saturated carbocycles. The smallest absolute Gasteiger partial charge is 0.287 e. The first-order valence-electron chi connectivity index (χ1n) is 13.3. The summed E-state index contributed by atoms with van der Waals surface area (Å²) in [6.45, 7) is 1.09. The fourth-order valence-electron chi connectivity index (χ4n) is 6.57. The highest BCUT2D eigenvalue weighted by Crippen LogP contribution is 2.43. The molecule has 2 unspecified atom stereocenters. The summed E-state index contributed by atoms with van der Waals surface area (Å²) in [4.78, 5) is 56.7. The number of likely N-dealkylation sites (tertiary alicyclic amines) is 1. The van der Waals surface area contributed by atoms with E-state index in [0.29, 0.717) is 31.0 Å². The number of hydrogen-bond acceptors (Lipinski definition) is 7. The van der Waals surface area contributed by atoms with Crippen LogP contribution < -0.4 is 21.1 Å². The molecule has 1 aromatic heterocycles. The molecule has 11 heteroatoms. The van der Waals surface area contributed by atoms with Crippen molar-refractivity contribution in [3.63, 3.8) is 0 Å². The van der Waals surface area contributed by atoms with E-state index in [1.807, 2.05) is 18.2 Å². The Labute approximate surface area is 220 Å². The first kappa shape index (κ1) is 26.2. The molecule has 2 aliphatic heterocycles. The van der Waals surface area contributed by atoms with Crippen molar-refractivity contribution in [3.05, 3.63) is 30.0 Å². The summed E-state index contributed by atoms with van der Waals surface area (Å²) in [5, 5.41) is 16.8. The van der Waals surface area contributed by atoms with Gasteiger partial charge in [-0.2, -0.15) is 0 Å². The van der Waals surface area contributed by atoms with E-state index in [1.165, 1.54) is 0 Å². The monoisotopic (exact) mass is 525 g/mol. The third-order valence-electron chi connectivity index (χ3n) is 8.46. The van der Waals surface area contributed by atoms with E-state index in [9.17, 15) is 24.3 Å². The lowest BCUT2D eigenvalue weighted by molar-refractivity contribution is -0.139. The Kier molecular flexibility index (Phi) is 7.40. The van der Waals surface area contributed by atoms with Crippen LogP contribution in [0.5, 0.6) is 5.75 Å². The van der Waals surface area contributed by atoms with Crippen LogP contribution in [-0.4, -0.2) is 77.0 Å². The van der Waals surface area contributed by atoms with Crippen molar-refractivity contribution >= 4 is 34.4 Å². The molecule has 2 aromatic rings. The molecular formula is C27H35N5O6. The van der Waals surface area contributed by atoms with Crippen LogP contribution in [0.25, 0.3) is 10.9 Å². The Hall–Kier alpha value is -3.44. The summed E-state index contributed by atoms with van der Waals surface area (Å²) in [7, 11) is 1.57. The predicted octanol–water partition coefficient (Wildman–Crippen LogP) is 0.665. The molecule has 38 heavy (non-hydrogen) atoms. The predicted molar refractivity (Wildman–Crippen MR) is 138 cm³/mol. The number of ether oxygens (including phenoxy) is 1. The third-order valence-corrected chi connectivity index (χ3v) is 8.46. The fraction of sp³-hybridized carbons (Fsp3) is 0.556. The van der Waals surface area contributed by atoms with Gasteiger partial charge < -0.3 is 30.8 Å². The average Bonchev–Trinajstić information content (AvgIpc) is 3.62. The molecule has 0 radical (unpaired) electrons. The molecule has 3 amide bonds. The standard InChI is InChI=1S/C27H35N5O6/c1-38-21-9-3-8-18-17(21)12-20(30-18)27(37)32-13-15-5-2-7-16(15)22(32)26(36)31-19(23(33)24(28)34)11-14-6-4-10-29-25(14)35/h3,8-9,12,14-16,19,22,25,29-30,35H,2,4-7,10-11,13H2,1H3,(H2,28,34)(H,31,36)/t14-,15-,16-,19?,22-,25?/m0/s1. The van der Waals surface area contributed by atoms with Gasteiger partial charge in [0, 0.05) is 23.4 Å². The highest BCUT2D eigenvalue weighted by molar-refractivity contribution is 6.37. The van der Waals surface area contributed by atoms with Gasteiger partial charge in [0.25, 0.3) is 11.8 Å². The second-order valence-electron chi connectivity index (χ2n) is 10.7. The quantitative estimate of drug-likeness (QED) is 0.316. The number of aromatic nitrogens is 1. The number of nitrogens with two attached hydrogens (primary N) is 1. The van der Waals surface area contributed by atoms with Crippen LogP contribution in [0.1, 0.15) is 49.0 Å². The zero-order valence-electron chi connectivity index (χ0n) is 21.4. The van der Waals surface area contributed by atoms with Crippen LogP contribution >= 0.6 is 0 Å². The van der Waals surface area contributed by atoms with E-state index in [-0.39, 0.29) is 30.1 Å². The van der Waals surface area contributed by atoms with Gasteiger partial charge in [-0.3, -0.25) is 24.5 Å². The Balaban J connectivity index is 1.40. The van der Waals surface area contributed by atoms with Gasteiger partial charge in [-0.15, -0.1) is 0 Å². The number of ketones is 1. The van der Waals surface area contributed by atoms with E-state index < -0.39 is 35.9 Å². The van der Waals surface area contributed by atoms with Crippen LogP contribution in [0.3, 0.4) is 0 Å². The van der Waals surface area contributed by atoms with Crippen LogP contribution in [-0.2, 0) is 14.4 Å². The van der Waals surface area contributed by atoms with Gasteiger partial charge in [-0.25, -0.2) is 0 Å². The summed E-state index contributed by atoms with van der Waals surface area (Å²) >= 11 is 0. The number of aromatic amines is 1. The number of aliphatic hydroxyl groups excluding tert-OH is 1. The number of carbonyl (C=O) groups excluding carboxylic acids is 4. The number of H-pyrrole nitrogens is 1. The molecule has 0 bridgehead atoms. The summed E-state index contributed by atoms with van der Waals surface area (Å²) in [6.07, 6.45) is 3.38. The SMILES string of the molecule is COc1cccc2[nH]c(C(=O)N3C[C@@H]4CCC[C@@H]4[C@H]3C(=O)NC(C[C@@H]3CCCNC3O)C(=O)C(N)=O)cc12. The maximum atomic E-state index is 13.7. The topological polar surface area (TPSA) is 167 Å². The number of primary amides is 1. The van der Waals surface area contributed by atoms with Crippen molar-refractivity contribution in [1.82, 2.24) is 20.5 Å². The van der Waals surface area contributed by atoms with E-state index in [1.54, 1.807) is 18.1 Å². The van der Waals surface area contributed by atoms with Crippen LogP contribution in [0.15, 0.2) is 24.3 Å². The molecule has 6 atom stereocenters. The summed E-state index contributed by atoms with van der Waals surface area (Å²) in [6, 6.07) is 5.28. The van der Waals surface area contributed by atoms with E-state index >= 15 is 0 Å². The number of carbonyl (C=O) groups is 4. The maximum absolute atomic E-state index is 13.7. The number of nitrogens with one attached hydrogen (secondary N) is 3. The van der Waals surface area contributed by atoms with E-state index in [2.05, 4.69) is 15.6 Å². The summed E-state index contributed by atoms with van der Waals surface area (Å²) < 4.78 is 5.42. The van der Waals surface area contributed by atoms with E-state index in [0.717, 1.165) is 36.6 Å². The second kappa shape index (κ2) is 10.7. The zero-order chi connectivity index (χ0) is 27.0. The number of fused-ring (bicyclic) bond motifs is 2. The molecule has 3 heterocycles. The van der Waals surface area contributed by atoms with Gasteiger partial charge in [0.2, 0.25) is 11.7 Å². The van der Waals surface area contributed by atoms with Crippen molar-refractivity contribution < 1.29 is 29.0 Å². The molecule has 3 aliphatic rings. The van der Waals surface area contributed by atoms with Gasteiger partial charge >= 0.3 is 0 Å². The normalized spacial score (nSPS) is 27.6. The molecule has 204 valence electrons. The minimum atomic E-state index is -1.17. The second-order valence-corrected chi connectivity index (χ2v) is 10.7. The largest absolute Gasteiger partial charge is 0.496 e. The molecular weight excluding hydrogens is 490 g/mol. The number of Topliss-reactive ketones (excluding diaryl/α,β-unsaturated/α-hetero) is 1. The van der Waals surface area contributed by atoms with Crippen LogP contribution in [0, 0.1) is 17.8 Å². The number of piperidine rings is 1. The fourth-order valence-corrected chi connectivity index (χ4v) is 6.57. The van der Waals surface area contributed by atoms with Crippen molar-refractivity contribution in [2.45, 2.75) is 56.8 Å². The highest BCUT2D eigenvalue weighted by Gasteiger charge is 2.50. The Morgan fingerprint density at radius 2 is 2.03 bits per heavy atom. The third kappa shape index (κ3) is 4.88. The molecule has 0 spiro atoms. The number of aliphatic hydroxyl groups is 1. The van der Waals surface area contributed by atoms with Gasteiger partial charge in [0.15, 0.2) is 0 Å². The summed E-state index contributed by atoms with van der Waals surface area (Å²) in [5.74, 6) is -2.36. The summed E-state index contributed by atoms with van der Waals surface area (Å²) in [5.41, 5.74) is 6.41. The highest BCUT2D eigenvalue weighted by atomic mass is 16.5. The lowest BCUT2D eigenvalue weighted by Gasteiger charge is -2.32. The number of rotatable bonds is 8. The van der Waals surface area contributed by atoms with Gasteiger partial charge in [0.1, 0.15) is 23.7 Å².